The van der Waals surface area contributed by atoms with Gasteiger partial charge in [0.15, 0.2) is 15.6 Å². The standard InChI is InChI=1S/C27H24N2O5S/c1-19(20-10-4-2-5-11-20)28-26(30)23-14-8-9-15-24(23)29-27(31)25-17-16-21(34-25)18-35(32,33)22-12-6-3-7-13-22/h2-17,19H,18H2,1H3,(H,28,30)(H,29,31). The predicted molar refractivity (Wildman–Crippen MR) is 133 cm³/mol. The summed E-state index contributed by atoms with van der Waals surface area (Å²) in [5.74, 6) is -1.23. The lowest BCUT2D eigenvalue weighted by Crippen LogP contribution is -2.28. The van der Waals surface area contributed by atoms with E-state index >= 15 is 0 Å². The molecule has 35 heavy (non-hydrogen) atoms. The van der Waals surface area contributed by atoms with Crippen LogP contribution in [0.2, 0.25) is 0 Å². The minimum atomic E-state index is -3.62. The second kappa shape index (κ2) is 10.4. The summed E-state index contributed by atoms with van der Waals surface area (Å²) >= 11 is 0. The first-order valence-electron chi connectivity index (χ1n) is 11.0. The average molecular weight is 489 g/mol. The number of rotatable bonds is 8. The van der Waals surface area contributed by atoms with Gasteiger partial charge in [0.05, 0.1) is 22.2 Å². The van der Waals surface area contributed by atoms with Crippen molar-refractivity contribution >= 4 is 27.3 Å². The molecule has 4 rings (SSSR count). The minimum Gasteiger partial charge on any atom is -0.455 e. The average Bonchev–Trinajstić information content (AvgIpc) is 3.33. The first kappa shape index (κ1) is 24.0. The lowest BCUT2D eigenvalue weighted by atomic mass is 10.1. The number of carbonyl (C=O) groups is 2. The molecule has 8 heteroatoms. The van der Waals surface area contributed by atoms with Crippen molar-refractivity contribution in [3.05, 3.63) is 120 Å². The second-order valence-corrected chi connectivity index (χ2v) is 9.93. The fourth-order valence-electron chi connectivity index (χ4n) is 3.55. The maximum Gasteiger partial charge on any atom is 0.291 e. The number of para-hydroxylation sites is 1. The van der Waals surface area contributed by atoms with Crippen LogP contribution in [0.1, 0.15) is 45.2 Å². The minimum absolute atomic E-state index is 0.0591. The van der Waals surface area contributed by atoms with Gasteiger partial charge in [-0.15, -0.1) is 0 Å². The SMILES string of the molecule is CC(NC(=O)c1ccccc1NC(=O)c1ccc(CS(=O)(=O)c2ccccc2)o1)c1ccccc1. The van der Waals surface area contributed by atoms with Crippen molar-refractivity contribution in [1.29, 1.82) is 0 Å². The summed E-state index contributed by atoms with van der Waals surface area (Å²) in [5.41, 5.74) is 1.56. The van der Waals surface area contributed by atoms with E-state index in [0.29, 0.717) is 11.3 Å². The van der Waals surface area contributed by atoms with Gasteiger partial charge in [-0.1, -0.05) is 60.7 Å². The third-order valence-electron chi connectivity index (χ3n) is 5.39. The molecule has 0 saturated carbocycles. The van der Waals surface area contributed by atoms with Crippen molar-refractivity contribution in [3.63, 3.8) is 0 Å². The number of furan rings is 1. The van der Waals surface area contributed by atoms with Crippen LogP contribution in [0.15, 0.2) is 106 Å². The number of sulfone groups is 1. The lowest BCUT2D eigenvalue weighted by molar-refractivity contribution is 0.0940. The number of benzene rings is 3. The second-order valence-electron chi connectivity index (χ2n) is 7.94. The number of amides is 2. The van der Waals surface area contributed by atoms with Crippen LogP contribution in [0, 0.1) is 0 Å². The zero-order valence-corrected chi connectivity index (χ0v) is 19.8. The Morgan fingerprint density at radius 1 is 0.800 bits per heavy atom. The van der Waals surface area contributed by atoms with E-state index in [1.165, 1.54) is 24.3 Å². The Hall–Kier alpha value is -4.17. The molecule has 0 saturated heterocycles. The summed E-state index contributed by atoms with van der Waals surface area (Å²) < 4.78 is 30.7. The molecule has 2 N–H and O–H groups in total. The molecule has 178 valence electrons. The van der Waals surface area contributed by atoms with Crippen molar-refractivity contribution in [3.8, 4) is 0 Å². The van der Waals surface area contributed by atoms with Gasteiger partial charge in [0.2, 0.25) is 0 Å². The van der Waals surface area contributed by atoms with E-state index in [1.54, 1.807) is 42.5 Å². The quantitative estimate of drug-likeness (QED) is 0.363. The molecule has 0 aliphatic heterocycles. The van der Waals surface area contributed by atoms with Crippen LogP contribution in [0.25, 0.3) is 0 Å². The highest BCUT2D eigenvalue weighted by molar-refractivity contribution is 7.90. The fourth-order valence-corrected chi connectivity index (χ4v) is 4.82. The zero-order valence-electron chi connectivity index (χ0n) is 19.0. The van der Waals surface area contributed by atoms with Crippen molar-refractivity contribution < 1.29 is 22.4 Å². The van der Waals surface area contributed by atoms with Gasteiger partial charge in [-0.3, -0.25) is 9.59 Å². The van der Waals surface area contributed by atoms with Crippen LogP contribution in [-0.2, 0) is 15.6 Å². The van der Waals surface area contributed by atoms with Crippen LogP contribution >= 0.6 is 0 Å². The normalized spacial score (nSPS) is 12.0. The highest BCUT2D eigenvalue weighted by Crippen LogP contribution is 2.21. The number of carbonyl (C=O) groups excluding carboxylic acids is 2. The van der Waals surface area contributed by atoms with Gasteiger partial charge in [0, 0.05) is 0 Å². The van der Waals surface area contributed by atoms with Gasteiger partial charge >= 0.3 is 0 Å². The Bertz CT molecular complexity index is 1430. The van der Waals surface area contributed by atoms with Crippen molar-refractivity contribution in [2.24, 2.45) is 0 Å². The monoisotopic (exact) mass is 488 g/mol. The van der Waals surface area contributed by atoms with Crippen LogP contribution in [-0.4, -0.2) is 20.2 Å². The molecular weight excluding hydrogens is 464 g/mol. The van der Waals surface area contributed by atoms with E-state index < -0.39 is 15.7 Å². The van der Waals surface area contributed by atoms with Crippen molar-refractivity contribution in [2.45, 2.75) is 23.6 Å². The topological polar surface area (TPSA) is 105 Å². The van der Waals surface area contributed by atoms with Crippen LogP contribution in [0.4, 0.5) is 5.69 Å². The predicted octanol–water partition coefficient (Wildman–Crippen LogP) is 5.00. The third-order valence-corrected chi connectivity index (χ3v) is 7.04. The summed E-state index contributed by atoms with van der Waals surface area (Å²) in [6, 6.07) is 26.8. The molecule has 1 heterocycles. The molecule has 7 nitrogen and oxygen atoms in total. The molecule has 1 aromatic heterocycles. The molecule has 1 unspecified atom stereocenters. The lowest BCUT2D eigenvalue weighted by Gasteiger charge is -2.16. The van der Waals surface area contributed by atoms with Crippen molar-refractivity contribution in [1.82, 2.24) is 5.32 Å². The maximum absolute atomic E-state index is 12.9. The number of anilines is 1. The summed E-state index contributed by atoms with van der Waals surface area (Å²) in [5, 5.41) is 5.62. The fraction of sp³-hybridized carbons (Fsp3) is 0.111. The highest BCUT2D eigenvalue weighted by atomic mass is 32.2. The van der Waals surface area contributed by atoms with Crippen LogP contribution in [0.5, 0.6) is 0 Å². The van der Waals surface area contributed by atoms with E-state index in [9.17, 15) is 18.0 Å². The Kier molecular flexibility index (Phi) is 7.12. The Balaban J connectivity index is 1.46. The molecule has 3 aromatic carbocycles. The Morgan fingerprint density at radius 3 is 2.14 bits per heavy atom. The van der Waals surface area contributed by atoms with Crippen molar-refractivity contribution in [2.75, 3.05) is 5.32 Å². The molecule has 0 radical (unpaired) electrons. The van der Waals surface area contributed by atoms with Gasteiger partial charge in [-0.25, -0.2) is 8.42 Å². The highest BCUT2D eigenvalue weighted by Gasteiger charge is 2.21. The van der Waals surface area contributed by atoms with E-state index in [1.807, 2.05) is 37.3 Å². The summed E-state index contributed by atoms with van der Waals surface area (Å²) in [6.07, 6.45) is 0. The first-order valence-corrected chi connectivity index (χ1v) is 12.6. The molecule has 0 spiro atoms. The summed E-state index contributed by atoms with van der Waals surface area (Å²) in [7, 11) is -3.62. The van der Waals surface area contributed by atoms with Gasteiger partial charge in [-0.2, -0.15) is 0 Å². The van der Waals surface area contributed by atoms with E-state index in [4.69, 9.17) is 4.42 Å². The Labute approximate surface area is 203 Å². The van der Waals surface area contributed by atoms with E-state index in [-0.39, 0.29) is 34.1 Å². The zero-order chi connectivity index (χ0) is 24.8. The Morgan fingerprint density at radius 2 is 1.43 bits per heavy atom. The number of hydrogen-bond acceptors (Lipinski definition) is 5. The molecule has 0 aliphatic rings. The molecule has 2 amide bonds. The van der Waals surface area contributed by atoms with Gasteiger partial charge in [0.1, 0.15) is 11.5 Å². The summed E-state index contributed by atoms with van der Waals surface area (Å²) in [4.78, 5) is 25.9. The largest absolute Gasteiger partial charge is 0.455 e. The molecule has 0 fully saturated rings. The van der Waals surface area contributed by atoms with Gasteiger partial charge in [-0.05, 0) is 48.9 Å². The van der Waals surface area contributed by atoms with Gasteiger partial charge < -0.3 is 15.1 Å². The molecular formula is C27H24N2O5S. The molecule has 0 aliphatic carbocycles. The number of nitrogens with one attached hydrogen (secondary N) is 2. The molecule has 1 atom stereocenters. The van der Waals surface area contributed by atoms with Gasteiger partial charge in [0.25, 0.3) is 11.8 Å². The van der Waals surface area contributed by atoms with Crippen LogP contribution in [0.3, 0.4) is 0 Å². The third kappa shape index (κ3) is 5.85. The smallest absolute Gasteiger partial charge is 0.291 e. The number of hydrogen-bond donors (Lipinski definition) is 2. The van der Waals surface area contributed by atoms with Crippen LogP contribution < -0.4 is 10.6 Å². The van der Waals surface area contributed by atoms with E-state index in [2.05, 4.69) is 10.6 Å². The summed E-state index contributed by atoms with van der Waals surface area (Å²) in [6.45, 7) is 1.88. The molecule has 4 aromatic rings. The first-order chi connectivity index (χ1) is 16.8. The maximum atomic E-state index is 12.9. The molecule has 0 bridgehead atoms. The van der Waals surface area contributed by atoms with E-state index in [0.717, 1.165) is 5.56 Å².